The van der Waals surface area contributed by atoms with Gasteiger partial charge >= 0.3 is 0 Å². The predicted molar refractivity (Wildman–Crippen MR) is 130 cm³/mol. The van der Waals surface area contributed by atoms with Crippen molar-refractivity contribution in [2.24, 2.45) is 0 Å². The average Bonchev–Trinajstić information content (AvgIpc) is 3.61. The highest BCUT2D eigenvalue weighted by atomic mass is 32.2. The number of hydrogen-bond donors (Lipinski definition) is 1. The van der Waals surface area contributed by atoms with Crippen molar-refractivity contribution >= 4 is 23.4 Å². The Labute approximate surface area is 206 Å². The first kappa shape index (κ1) is 22.9. The third-order valence-electron chi connectivity index (χ3n) is 5.59. The number of nitrogens with zero attached hydrogens (tertiary/aromatic N) is 3. The van der Waals surface area contributed by atoms with Gasteiger partial charge in [-0.15, -0.1) is 10.2 Å². The van der Waals surface area contributed by atoms with Crippen LogP contribution in [0.3, 0.4) is 0 Å². The molecule has 1 aliphatic rings. The Balaban J connectivity index is 1.27. The van der Waals surface area contributed by atoms with Gasteiger partial charge in [-0.05, 0) is 55.3 Å². The van der Waals surface area contributed by atoms with Gasteiger partial charge in [-0.25, -0.2) is 0 Å². The molecule has 1 aliphatic heterocycles. The van der Waals surface area contributed by atoms with Crippen molar-refractivity contribution in [1.82, 2.24) is 14.8 Å². The molecule has 0 spiro atoms. The Morgan fingerprint density at radius 2 is 2.00 bits per heavy atom. The molecule has 0 aliphatic carbocycles. The predicted octanol–water partition coefficient (Wildman–Crippen LogP) is 4.57. The van der Waals surface area contributed by atoms with E-state index in [1.165, 1.54) is 11.8 Å². The third-order valence-corrected chi connectivity index (χ3v) is 6.55. The van der Waals surface area contributed by atoms with Gasteiger partial charge in [-0.2, -0.15) is 0 Å². The number of thioether (sulfide) groups is 1. The van der Waals surface area contributed by atoms with Gasteiger partial charge in [0.2, 0.25) is 12.7 Å². The van der Waals surface area contributed by atoms with Gasteiger partial charge in [-0.1, -0.05) is 23.9 Å². The van der Waals surface area contributed by atoms with Crippen LogP contribution in [-0.4, -0.2) is 33.2 Å². The van der Waals surface area contributed by atoms with Crippen LogP contribution in [0.25, 0.3) is 0 Å². The minimum absolute atomic E-state index is 0.155. The van der Waals surface area contributed by atoms with Crippen molar-refractivity contribution in [2.75, 3.05) is 17.9 Å². The summed E-state index contributed by atoms with van der Waals surface area (Å²) in [4.78, 5) is 12.6. The zero-order chi connectivity index (χ0) is 24.2. The molecular weight excluding hydrogens is 468 g/mol. The molecule has 9 nitrogen and oxygen atoms in total. The number of fused-ring (bicyclic) bond motifs is 1. The normalized spacial score (nSPS) is 12.1. The second-order valence-corrected chi connectivity index (χ2v) is 8.90. The van der Waals surface area contributed by atoms with Gasteiger partial charge in [0, 0.05) is 11.8 Å². The Morgan fingerprint density at radius 3 is 2.86 bits per heavy atom. The fourth-order valence-corrected chi connectivity index (χ4v) is 4.33. The largest absolute Gasteiger partial charge is 0.485 e. The lowest BCUT2D eigenvalue weighted by Gasteiger charge is -2.12. The summed E-state index contributed by atoms with van der Waals surface area (Å²) in [5, 5.41) is 12.1. The first-order valence-electron chi connectivity index (χ1n) is 11.0. The Bertz CT molecular complexity index is 1340. The molecule has 0 saturated heterocycles. The van der Waals surface area contributed by atoms with E-state index in [2.05, 4.69) is 15.5 Å². The third kappa shape index (κ3) is 5.27. The lowest BCUT2D eigenvalue weighted by molar-refractivity contribution is -0.113. The van der Waals surface area contributed by atoms with Crippen molar-refractivity contribution in [2.45, 2.75) is 32.2 Å². The van der Waals surface area contributed by atoms with Crippen molar-refractivity contribution in [3.63, 3.8) is 0 Å². The molecule has 3 heterocycles. The molecule has 1 N–H and O–H groups in total. The summed E-state index contributed by atoms with van der Waals surface area (Å²) < 4.78 is 24.2. The molecule has 2 aromatic carbocycles. The number of aromatic nitrogens is 3. The highest BCUT2D eigenvalue weighted by molar-refractivity contribution is 7.99. The van der Waals surface area contributed by atoms with E-state index in [4.69, 9.17) is 18.6 Å². The monoisotopic (exact) mass is 492 g/mol. The highest BCUT2D eigenvalue weighted by Gasteiger charge is 2.18. The summed E-state index contributed by atoms with van der Waals surface area (Å²) >= 11 is 1.29. The number of furan rings is 1. The van der Waals surface area contributed by atoms with Crippen LogP contribution >= 0.6 is 11.8 Å². The molecule has 0 radical (unpaired) electrons. The smallest absolute Gasteiger partial charge is 0.234 e. The van der Waals surface area contributed by atoms with Crippen LogP contribution in [0.2, 0.25) is 0 Å². The van der Waals surface area contributed by atoms with Crippen molar-refractivity contribution in [1.29, 1.82) is 0 Å². The van der Waals surface area contributed by atoms with Crippen LogP contribution in [0.5, 0.6) is 17.2 Å². The number of nitrogens with one attached hydrogen (secondary N) is 1. The Morgan fingerprint density at radius 1 is 1.11 bits per heavy atom. The maximum Gasteiger partial charge on any atom is 0.234 e. The van der Waals surface area contributed by atoms with Crippen molar-refractivity contribution in [3.05, 3.63) is 77.5 Å². The van der Waals surface area contributed by atoms with Crippen LogP contribution in [0, 0.1) is 13.8 Å². The second-order valence-electron chi connectivity index (χ2n) is 7.96. The molecule has 0 saturated carbocycles. The number of anilines is 1. The molecule has 35 heavy (non-hydrogen) atoms. The summed E-state index contributed by atoms with van der Waals surface area (Å²) in [6.45, 7) is 4.92. The van der Waals surface area contributed by atoms with Crippen LogP contribution in [0.1, 0.15) is 22.7 Å². The zero-order valence-corrected chi connectivity index (χ0v) is 20.1. The van der Waals surface area contributed by atoms with Crippen LogP contribution in [-0.2, 0) is 17.9 Å². The molecule has 0 unspecified atom stereocenters. The fraction of sp³-hybridized carbons (Fsp3) is 0.240. The molecule has 0 fully saturated rings. The number of rotatable bonds is 9. The van der Waals surface area contributed by atoms with E-state index in [1.54, 1.807) is 24.5 Å². The van der Waals surface area contributed by atoms with E-state index in [0.29, 0.717) is 34.7 Å². The van der Waals surface area contributed by atoms with Gasteiger partial charge in [-0.3, -0.25) is 9.36 Å². The van der Waals surface area contributed by atoms with Gasteiger partial charge in [0.05, 0.1) is 18.6 Å². The number of carbonyl (C=O) groups excluding carboxylic acids is 1. The fourth-order valence-electron chi connectivity index (χ4n) is 3.57. The molecule has 2 aromatic heterocycles. The maximum atomic E-state index is 12.6. The van der Waals surface area contributed by atoms with Gasteiger partial charge in [0.15, 0.2) is 22.5 Å². The maximum absolute atomic E-state index is 12.6. The molecule has 10 heteroatoms. The molecule has 4 aromatic rings. The minimum atomic E-state index is -0.172. The second kappa shape index (κ2) is 10.1. The van der Waals surface area contributed by atoms with Gasteiger partial charge in [0.1, 0.15) is 18.1 Å². The summed E-state index contributed by atoms with van der Waals surface area (Å²) in [7, 11) is 0. The topological polar surface area (TPSA) is 101 Å². The van der Waals surface area contributed by atoms with E-state index in [0.717, 1.165) is 22.6 Å². The van der Waals surface area contributed by atoms with E-state index in [-0.39, 0.29) is 25.1 Å². The molecule has 0 bridgehead atoms. The van der Waals surface area contributed by atoms with Crippen LogP contribution in [0.4, 0.5) is 5.69 Å². The van der Waals surface area contributed by atoms with Crippen molar-refractivity contribution < 1.29 is 23.4 Å². The molecule has 1 amide bonds. The standard InChI is InChI=1S/C25H24N4O5S/c1-16-5-3-7-20(17(16)2)32-13-23-27-28-25(29(23)12-19-6-4-10-31-19)35-14-24(30)26-18-8-9-21-22(11-18)34-15-33-21/h3-11H,12-15H2,1-2H3,(H,26,30). The number of amides is 1. The zero-order valence-electron chi connectivity index (χ0n) is 19.3. The summed E-state index contributed by atoms with van der Waals surface area (Å²) in [5.74, 6) is 3.46. The summed E-state index contributed by atoms with van der Waals surface area (Å²) in [6.07, 6.45) is 1.62. The molecule has 5 rings (SSSR count). The Hall–Kier alpha value is -3.92. The van der Waals surface area contributed by atoms with Gasteiger partial charge < -0.3 is 23.9 Å². The van der Waals surface area contributed by atoms with E-state index < -0.39 is 0 Å². The number of ether oxygens (including phenoxy) is 3. The number of carbonyl (C=O) groups is 1. The number of hydrogen-bond acceptors (Lipinski definition) is 8. The average molecular weight is 493 g/mol. The molecule has 180 valence electrons. The van der Waals surface area contributed by atoms with Gasteiger partial charge in [0.25, 0.3) is 0 Å². The molecular formula is C25H24N4O5S. The lowest BCUT2D eigenvalue weighted by atomic mass is 10.1. The minimum Gasteiger partial charge on any atom is -0.485 e. The first-order chi connectivity index (χ1) is 17.1. The number of benzene rings is 2. The van der Waals surface area contributed by atoms with E-state index >= 15 is 0 Å². The SMILES string of the molecule is Cc1cccc(OCc2nnc(SCC(=O)Nc3ccc4c(c3)OCO4)n2Cc2ccco2)c1C. The van der Waals surface area contributed by atoms with Crippen molar-refractivity contribution in [3.8, 4) is 17.2 Å². The lowest BCUT2D eigenvalue weighted by Crippen LogP contribution is -2.15. The summed E-state index contributed by atoms with van der Waals surface area (Å²) in [6, 6.07) is 15.0. The highest BCUT2D eigenvalue weighted by Crippen LogP contribution is 2.34. The quantitative estimate of drug-likeness (QED) is 0.339. The van der Waals surface area contributed by atoms with Crippen LogP contribution in [0.15, 0.2) is 64.4 Å². The van der Waals surface area contributed by atoms with E-state index in [9.17, 15) is 4.79 Å². The van der Waals surface area contributed by atoms with Crippen LogP contribution < -0.4 is 19.5 Å². The first-order valence-corrected chi connectivity index (χ1v) is 12.0. The Kier molecular flexibility index (Phi) is 6.62. The molecule has 0 atom stereocenters. The van der Waals surface area contributed by atoms with E-state index in [1.807, 2.05) is 48.7 Å². The summed E-state index contributed by atoms with van der Waals surface area (Å²) in [5.41, 5.74) is 2.88. The number of aryl methyl sites for hydroxylation is 1.